The molecule has 2 aliphatic rings. The van der Waals surface area contributed by atoms with E-state index in [-0.39, 0.29) is 60.1 Å². The van der Waals surface area contributed by atoms with Crippen LogP contribution in [0.3, 0.4) is 0 Å². The van der Waals surface area contributed by atoms with E-state index in [1.807, 2.05) is 0 Å². The standard InChI is InChI=1S/C23H23F2NO6/c1-26(10-18(29)22-8-16(27)14-6-12(24)2-4-20(14)31-22)11-19(30)23-9-17(28)15-7-13(25)3-5-21(15)32-23/h2-7,18-19,22-23,29-30H,8-11H2,1H3/t18-,19?,22+,23+/m1/s1. The molecular formula is C23H23F2NO6. The lowest BCUT2D eigenvalue weighted by molar-refractivity contribution is -0.0179. The first kappa shape index (κ1) is 22.3. The maximum atomic E-state index is 13.4. The lowest BCUT2D eigenvalue weighted by Crippen LogP contribution is -2.48. The Labute approximate surface area is 183 Å². The van der Waals surface area contributed by atoms with Gasteiger partial charge in [-0.25, -0.2) is 8.78 Å². The largest absolute Gasteiger partial charge is 0.486 e. The number of rotatable bonds is 6. The second-order valence-electron chi connectivity index (χ2n) is 8.20. The second-order valence-corrected chi connectivity index (χ2v) is 8.20. The number of carbonyl (C=O) groups is 2. The first-order chi connectivity index (χ1) is 15.2. The number of carbonyl (C=O) groups excluding carboxylic acids is 2. The molecule has 2 heterocycles. The molecule has 2 aromatic carbocycles. The molecule has 9 heteroatoms. The maximum Gasteiger partial charge on any atom is 0.170 e. The van der Waals surface area contributed by atoms with Gasteiger partial charge in [0.2, 0.25) is 0 Å². The fourth-order valence-electron chi connectivity index (χ4n) is 4.02. The Morgan fingerprint density at radius 1 is 0.875 bits per heavy atom. The molecule has 2 aromatic rings. The number of halogens is 2. The highest BCUT2D eigenvalue weighted by Crippen LogP contribution is 2.31. The number of hydrogen-bond donors (Lipinski definition) is 2. The van der Waals surface area contributed by atoms with Crippen LogP contribution in [0.2, 0.25) is 0 Å². The molecule has 0 spiro atoms. The topological polar surface area (TPSA) is 96.3 Å². The number of ether oxygens (including phenoxy) is 2. The van der Waals surface area contributed by atoms with Gasteiger partial charge in [-0.05, 0) is 43.4 Å². The van der Waals surface area contributed by atoms with E-state index in [4.69, 9.17) is 9.47 Å². The first-order valence-corrected chi connectivity index (χ1v) is 10.2. The predicted molar refractivity (Wildman–Crippen MR) is 109 cm³/mol. The van der Waals surface area contributed by atoms with Gasteiger partial charge < -0.3 is 24.6 Å². The van der Waals surface area contributed by atoms with Gasteiger partial charge in [0.25, 0.3) is 0 Å². The Morgan fingerprint density at radius 2 is 1.28 bits per heavy atom. The van der Waals surface area contributed by atoms with Crippen molar-refractivity contribution in [3.05, 3.63) is 59.2 Å². The quantitative estimate of drug-likeness (QED) is 0.699. The normalized spacial score (nSPS) is 21.9. The van der Waals surface area contributed by atoms with E-state index >= 15 is 0 Å². The Morgan fingerprint density at radius 3 is 1.69 bits per heavy atom. The lowest BCUT2D eigenvalue weighted by Gasteiger charge is -2.33. The van der Waals surface area contributed by atoms with Crippen LogP contribution in [0.15, 0.2) is 36.4 Å². The van der Waals surface area contributed by atoms with Gasteiger partial charge in [-0.2, -0.15) is 0 Å². The van der Waals surface area contributed by atoms with Gasteiger partial charge in [0.1, 0.15) is 47.5 Å². The van der Waals surface area contributed by atoms with E-state index in [1.165, 1.54) is 24.3 Å². The van der Waals surface area contributed by atoms with Crippen LogP contribution in [0.5, 0.6) is 11.5 Å². The summed E-state index contributed by atoms with van der Waals surface area (Å²) in [5.41, 5.74) is 0.299. The van der Waals surface area contributed by atoms with E-state index in [0.29, 0.717) is 0 Å². The Balaban J connectivity index is 1.34. The van der Waals surface area contributed by atoms with Crippen LogP contribution in [0.1, 0.15) is 33.6 Å². The van der Waals surface area contributed by atoms with Crippen molar-refractivity contribution in [1.82, 2.24) is 4.90 Å². The molecule has 0 aliphatic carbocycles. The van der Waals surface area contributed by atoms with Gasteiger partial charge in [0.15, 0.2) is 11.6 Å². The molecule has 0 aromatic heterocycles. The van der Waals surface area contributed by atoms with Gasteiger partial charge in [0.05, 0.1) is 24.0 Å². The van der Waals surface area contributed by atoms with Crippen LogP contribution in [-0.2, 0) is 0 Å². The monoisotopic (exact) mass is 447 g/mol. The molecule has 4 rings (SSSR count). The molecule has 0 radical (unpaired) electrons. The van der Waals surface area contributed by atoms with E-state index < -0.39 is 36.1 Å². The van der Waals surface area contributed by atoms with Crippen LogP contribution in [0, 0.1) is 11.6 Å². The number of Topliss-reactive ketones (excluding diaryl/α,β-unsaturated/α-hetero) is 2. The summed E-state index contributed by atoms with van der Waals surface area (Å²) < 4.78 is 38.1. The number of ketones is 2. The Bertz CT molecular complexity index is 964. The van der Waals surface area contributed by atoms with Crippen molar-refractivity contribution in [3.63, 3.8) is 0 Å². The minimum atomic E-state index is -1.05. The minimum absolute atomic E-state index is 0.0774. The SMILES string of the molecule is CN(CC(O)[C@@H]1CC(=O)c2cc(F)ccc2O1)C[C@@H](O)[C@@H]1CC(=O)c2cc(F)ccc2O1. The maximum absolute atomic E-state index is 13.4. The zero-order valence-corrected chi connectivity index (χ0v) is 17.3. The number of aliphatic hydroxyl groups excluding tert-OH is 2. The number of hydrogen-bond acceptors (Lipinski definition) is 7. The Hall–Kier alpha value is -2.88. The highest BCUT2D eigenvalue weighted by atomic mass is 19.1. The fraction of sp³-hybridized carbons (Fsp3) is 0.391. The average Bonchev–Trinajstić information content (AvgIpc) is 2.74. The van der Waals surface area contributed by atoms with E-state index in [1.54, 1.807) is 11.9 Å². The molecular weight excluding hydrogens is 424 g/mol. The molecule has 0 fully saturated rings. The average molecular weight is 447 g/mol. The highest BCUT2D eigenvalue weighted by Gasteiger charge is 2.35. The third-order valence-electron chi connectivity index (χ3n) is 5.67. The summed E-state index contributed by atoms with van der Waals surface area (Å²) >= 11 is 0. The summed E-state index contributed by atoms with van der Waals surface area (Å²) in [4.78, 5) is 26.2. The molecule has 7 nitrogen and oxygen atoms in total. The van der Waals surface area contributed by atoms with Crippen molar-refractivity contribution in [3.8, 4) is 11.5 Å². The van der Waals surface area contributed by atoms with Crippen LogP contribution >= 0.6 is 0 Å². The van der Waals surface area contributed by atoms with Crippen molar-refractivity contribution in [2.45, 2.75) is 37.3 Å². The molecule has 0 bridgehead atoms. The first-order valence-electron chi connectivity index (χ1n) is 10.2. The molecule has 0 saturated carbocycles. The van der Waals surface area contributed by atoms with Crippen molar-refractivity contribution in [2.75, 3.05) is 20.1 Å². The number of aliphatic hydroxyl groups is 2. The summed E-state index contributed by atoms with van der Waals surface area (Å²) in [6, 6.07) is 7.30. The molecule has 0 saturated heterocycles. The number of benzene rings is 2. The summed E-state index contributed by atoms with van der Waals surface area (Å²) in [6.45, 7) is 0.155. The van der Waals surface area contributed by atoms with Crippen molar-refractivity contribution < 1.29 is 38.1 Å². The van der Waals surface area contributed by atoms with Crippen molar-refractivity contribution >= 4 is 11.6 Å². The van der Waals surface area contributed by atoms with E-state index in [2.05, 4.69) is 0 Å². The Kier molecular flexibility index (Phi) is 6.23. The zero-order valence-electron chi connectivity index (χ0n) is 17.3. The van der Waals surface area contributed by atoms with Gasteiger partial charge >= 0.3 is 0 Å². The van der Waals surface area contributed by atoms with E-state index in [0.717, 1.165) is 12.1 Å². The van der Waals surface area contributed by atoms with Gasteiger partial charge in [0, 0.05) is 13.1 Å². The third kappa shape index (κ3) is 4.64. The van der Waals surface area contributed by atoms with Crippen LogP contribution < -0.4 is 9.47 Å². The van der Waals surface area contributed by atoms with Gasteiger partial charge in [-0.15, -0.1) is 0 Å². The molecule has 170 valence electrons. The fourth-order valence-corrected chi connectivity index (χ4v) is 4.02. The minimum Gasteiger partial charge on any atom is -0.486 e. The number of likely N-dealkylation sites (N-methyl/N-ethyl adjacent to an activating group) is 1. The zero-order chi connectivity index (χ0) is 23.0. The molecule has 4 atom stereocenters. The third-order valence-corrected chi connectivity index (χ3v) is 5.67. The van der Waals surface area contributed by atoms with E-state index in [9.17, 15) is 28.6 Å². The summed E-state index contributed by atoms with van der Waals surface area (Å²) in [6.07, 6.45) is -3.91. The smallest absolute Gasteiger partial charge is 0.170 e. The van der Waals surface area contributed by atoms with Crippen molar-refractivity contribution in [1.29, 1.82) is 0 Å². The predicted octanol–water partition coefficient (Wildman–Crippen LogP) is 1.99. The summed E-state index contributed by atoms with van der Waals surface area (Å²) in [5, 5.41) is 21.1. The number of nitrogens with zero attached hydrogens (tertiary/aromatic N) is 1. The molecule has 1 unspecified atom stereocenters. The van der Waals surface area contributed by atoms with Crippen LogP contribution in [0.4, 0.5) is 8.78 Å². The van der Waals surface area contributed by atoms with Gasteiger partial charge in [-0.1, -0.05) is 0 Å². The molecule has 32 heavy (non-hydrogen) atoms. The lowest BCUT2D eigenvalue weighted by atomic mass is 9.96. The van der Waals surface area contributed by atoms with Gasteiger partial charge in [-0.3, -0.25) is 9.59 Å². The highest BCUT2D eigenvalue weighted by molar-refractivity contribution is 6.00. The summed E-state index contributed by atoms with van der Waals surface area (Å²) in [7, 11) is 1.66. The van der Waals surface area contributed by atoms with Crippen molar-refractivity contribution in [2.24, 2.45) is 0 Å². The summed E-state index contributed by atoms with van der Waals surface area (Å²) in [5.74, 6) is -1.27. The number of fused-ring (bicyclic) bond motifs is 2. The molecule has 2 N–H and O–H groups in total. The van der Waals surface area contributed by atoms with Crippen LogP contribution in [-0.4, -0.2) is 71.2 Å². The molecule has 0 amide bonds. The molecule has 2 aliphatic heterocycles. The van der Waals surface area contributed by atoms with Crippen LogP contribution in [0.25, 0.3) is 0 Å². The second kappa shape index (κ2) is 8.93.